The lowest BCUT2D eigenvalue weighted by Crippen LogP contribution is -2.43. The predicted octanol–water partition coefficient (Wildman–Crippen LogP) is 1.00. The Kier molecular flexibility index (Phi) is 7.36. The molecule has 10 heteroatoms. The van der Waals surface area contributed by atoms with Crippen molar-refractivity contribution >= 4 is 17.7 Å². The van der Waals surface area contributed by atoms with E-state index in [4.69, 9.17) is 9.47 Å². The lowest BCUT2D eigenvalue weighted by molar-refractivity contribution is -0.121. The number of benzene rings is 1. The maximum atomic E-state index is 13.4. The zero-order valence-electron chi connectivity index (χ0n) is 17.0. The number of carbonyl (C=O) groups excluding carboxylic acids is 3. The van der Waals surface area contributed by atoms with Gasteiger partial charge in [-0.25, -0.2) is 4.39 Å². The van der Waals surface area contributed by atoms with Crippen LogP contribution < -0.4 is 20.1 Å². The highest BCUT2D eigenvalue weighted by Gasteiger charge is 2.20. The maximum Gasteiger partial charge on any atom is 0.255 e. The normalized spacial score (nSPS) is 15.6. The quantitative estimate of drug-likeness (QED) is 0.736. The maximum absolute atomic E-state index is 13.4. The number of nitrogens with zero attached hydrogens (tertiary/aromatic N) is 2. The number of amides is 3. The number of fused-ring (bicyclic) bond motifs is 1. The van der Waals surface area contributed by atoms with Crippen molar-refractivity contribution in [2.45, 2.75) is 6.42 Å². The first-order valence-electron chi connectivity index (χ1n) is 9.73. The fourth-order valence-corrected chi connectivity index (χ4v) is 3.05. The van der Waals surface area contributed by atoms with Crippen LogP contribution in [0.15, 0.2) is 36.7 Å². The van der Waals surface area contributed by atoms with E-state index in [0.29, 0.717) is 23.5 Å². The Bertz CT molecular complexity index is 969. The Morgan fingerprint density at radius 2 is 2.03 bits per heavy atom. The van der Waals surface area contributed by atoms with Gasteiger partial charge in [0.15, 0.2) is 0 Å². The zero-order chi connectivity index (χ0) is 22.2. The molecule has 0 unspecified atom stereocenters. The number of aromatic nitrogens is 1. The van der Waals surface area contributed by atoms with Crippen LogP contribution in [0.4, 0.5) is 4.39 Å². The standard InChI is InChI=1S/C21H23FN4O5/c1-30-16-3-4-17-18(10-16)31-8-6-24-19(27)13-26(7-2-5-25-20(17)28)21(29)14-9-15(22)12-23-11-14/h3-4,9-12H,2,5-8,13H2,1H3,(H,24,27)(H,25,28). The number of carbonyl (C=O) groups is 3. The van der Waals surface area contributed by atoms with Gasteiger partial charge in [0.1, 0.15) is 23.9 Å². The van der Waals surface area contributed by atoms with Crippen molar-refractivity contribution in [2.24, 2.45) is 0 Å². The molecule has 0 saturated carbocycles. The second-order valence-corrected chi connectivity index (χ2v) is 6.79. The SMILES string of the molecule is COc1ccc2c(c1)OCCNC(=O)CN(C(=O)c1cncc(F)c1)CCCNC2=O. The molecule has 9 nitrogen and oxygen atoms in total. The fraction of sp³-hybridized carbons (Fsp3) is 0.333. The summed E-state index contributed by atoms with van der Waals surface area (Å²) in [5, 5.41) is 5.45. The molecule has 3 amide bonds. The van der Waals surface area contributed by atoms with Gasteiger partial charge in [0.2, 0.25) is 5.91 Å². The Morgan fingerprint density at radius 1 is 1.19 bits per heavy atom. The smallest absolute Gasteiger partial charge is 0.255 e. The Labute approximate surface area is 178 Å². The minimum absolute atomic E-state index is 0.0455. The van der Waals surface area contributed by atoms with Gasteiger partial charge in [-0.2, -0.15) is 0 Å². The van der Waals surface area contributed by atoms with E-state index >= 15 is 0 Å². The number of methoxy groups -OCH3 is 1. The monoisotopic (exact) mass is 430 g/mol. The number of ether oxygens (including phenoxy) is 2. The van der Waals surface area contributed by atoms with Gasteiger partial charge in [0.05, 0.1) is 37.5 Å². The second kappa shape index (κ2) is 10.4. The van der Waals surface area contributed by atoms with E-state index in [1.54, 1.807) is 18.2 Å². The van der Waals surface area contributed by atoms with Crippen molar-refractivity contribution in [1.82, 2.24) is 20.5 Å². The van der Waals surface area contributed by atoms with Crippen molar-refractivity contribution < 1.29 is 28.2 Å². The first kappa shape index (κ1) is 22.0. The van der Waals surface area contributed by atoms with Gasteiger partial charge in [-0.05, 0) is 24.6 Å². The summed E-state index contributed by atoms with van der Waals surface area (Å²) in [4.78, 5) is 42.6. The minimum atomic E-state index is -0.642. The summed E-state index contributed by atoms with van der Waals surface area (Å²) in [6, 6.07) is 5.93. The van der Waals surface area contributed by atoms with Gasteiger partial charge >= 0.3 is 0 Å². The van der Waals surface area contributed by atoms with Crippen LogP contribution in [0.5, 0.6) is 11.5 Å². The molecule has 0 bridgehead atoms. The van der Waals surface area contributed by atoms with Crippen molar-refractivity contribution in [1.29, 1.82) is 0 Å². The lowest BCUT2D eigenvalue weighted by atomic mass is 10.1. The number of nitrogens with one attached hydrogen (secondary N) is 2. The van der Waals surface area contributed by atoms with Gasteiger partial charge in [0.25, 0.3) is 11.8 Å². The van der Waals surface area contributed by atoms with Gasteiger partial charge < -0.3 is 25.0 Å². The molecule has 0 atom stereocenters. The summed E-state index contributed by atoms with van der Waals surface area (Å²) >= 11 is 0. The summed E-state index contributed by atoms with van der Waals surface area (Å²) in [6.45, 7) is 0.515. The molecule has 1 aromatic carbocycles. The van der Waals surface area contributed by atoms with Crippen LogP contribution in [0.2, 0.25) is 0 Å². The number of hydrogen-bond donors (Lipinski definition) is 2. The Hall–Kier alpha value is -3.69. The molecule has 1 aromatic heterocycles. The molecule has 2 heterocycles. The molecular formula is C21H23FN4O5. The fourth-order valence-electron chi connectivity index (χ4n) is 3.05. The van der Waals surface area contributed by atoms with Crippen molar-refractivity contribution in [2.75, 3.05) is 39.9 Å². The van der Waals surface area contributed by atoms with Crippen molar-refractivity contribution in [3.05, 3.63) is 53.6 Å². The lowest BCUT2D eigenvalue weighted by Gasteiger charge is -2.23. The van der Waals surface area contributed by atoms with Gasteiger partial charge in [0, 0.05) is 25.4 Å². The zero-order valence-corrected chi connectivity index (χ0v) is 17.0. The highest BCUT2D eigenvalue weighted by Crippen LogP contribution is 2.25. The number of halogens is 1. The molecule has 1 aliphatic rings. The first-order chi connectivity index (χ1) is 15.0. The summed E-state index contributed by atoms with van der Waals surface area (Å²) in [7, 11) is 1.51. The van der Waals surface area contributed by atoms with Crippen molar-refractivity contribution in [3.63, 3.8) is 0 Å². The predicted molar refractivity (Wildman–Crippen MR) is 109 cm³/mol. The van der Waals surface area contributed by atoms with Crippen LogP contribution in [0.1, 0.15) is 27.1 Å². The van der Waals surface area contributed by atoms with Crippen LogP contribution in [0.25, 0.3) is 0 Å². The highest BCUT2D eigenvalue weighted by atomic mass is 19.1. The molecular weight excluding hydrogens is 407 g/mol. The van der Waals surface area contributed by atoms with Gasteiger partial charge in [-0.1, -0.05) is 0 Å². The molecule has 1 aliphatic heterocycles. The molecule has 31 heavy (non-hydrogen) atoms. The van der Waals surface area contributed by atoms with E-state index in [0.717, 1.165) is 12.3 Å². The summed E-state index contributed by atoms with van der Waals surface area (Å²) in [6.07, 6.45) is 2.63. The molecule has 0 fully saturated rings. The average Bonchev–Trinajstić information content (AvgIpc) is 2.77. The van der Waals surface area contributed by atoms with E-state index in [1.165, 1.54) is 18.2 Å². The van der Waals surface area contributed by atoms with Crippen molar-refractivity contribution in [3.8, 4) is 11.5 Å². The van der Waals surface area contributed by atoms with E-state index in [2.05, 4.69) is 15.6 Å². The molecule has 0 aliphatic carbocycles. The first-order valence-corrected chi connectivity index (χ1v) is 9.73. The molecule has 164 valence electrons. The molecule has 2 aromatic rings. The molecule has 0 saturated heterocycles. The third-order valence-electron chi connectivity index (χ3n) is 4.58. The van der Waals surface area contributed by atoms with E-state index in [1.807, 2.05) is 0 Å². The molecule has 0 radical (unpaired) electrons. The van der Waals surface area contributed by atoms with Crippen LogP contribution in [0.3, 0.4) is 0 Å². The summed E-state index contributed by atoms with van der Waals surface area (Å²) in [5.74, 6) is -0.984. The number of rotatable bonds is 2. The Balaban J connectivity index is 1.74. The van der Waals surface area contributed by atoms with Crippen LogP contribution in [0, 0.1) is 5.82 Å². The second-order valence-electron chi connectivity index (χ2n) is 6.79. The summed E-state index contributed by atoms with van der Waals surface area (Å²) in [5.41, 5.74) is 0.382. The third-order valence-corrected chi connectivity index (χ3v) is 4.58. The van der Waals surface area contributed by atoms with Gasteiger partial charge in [-0.15, -0.1) is 0 Å². The number of pyridine rings is 1. The van der Waals surface area contributed by atoms with E-state index < -0.39 is 11.7 Å². The van der Waals surface area contributed by atoms with E-state index in [9.17, 15) is 18.8 Å². The molecule has 2 N–H and O–H groups in total. The Morgan fingerprint density at radius 3 is 2.81 bits per heavy atom. The third kappa shape index (κ3) is 5.91. The topological polar surface area (TPSA) is 110 Å². The van der Waals surface area contributed by atoms with Crippen LogP contribution >= 0.6 is 0 Å². The van der Waals surface area contributed by atoms with Gasteiger partial charge in [-0.3, -0.25) is 19.4 Å². The minimum Gasteiger partial charge on any atom is -0.497 e. The highest BCUT2D eigenvalue weighted by molar-refractivity contribution is 5.97. The summed E-state index contributed by atoms with van der Waals surface area (Å²) < 4.78 is 24.3. The number of hydrogen-bond acceptors (Lipinski definition) is 6. The van der Waals surface area contributed by atoms with Crippen LogP contribution in [-0.2, 0) is 4.79 Å². The van der Waals surface area contributed by atoms with E-state index in [-0.39, 0.29) is 50.2 Å². The largest absolute Gasteiger partial charge is 0.497 e. The molecule has 3 rings (SSSR count). The molecule has 0 spiro atoms. The van der Waals surface area contributed by atoms with Crippen LogP contribution in [-0.4, -0.2) is 67.5 Å². The average molecular weight is 430 g/mol.